The van der Waals surface area contributed by atoms with Crippen LogP contribution in [0.4, 0.5) is 0 Å². The summed E-state index contributed by atoms with van der Waals surface area (Å²) in [6.45, 7) is 2.32. The summed E-state index contributed by atoms with van der Waals surface area (Å²) in [5, 5.41) is 18.3. The van der Waals surface area contributed by atoms with E-state index in [2.05, 4.69) is 15.8 Å². The van der Waals surface area contributed by atoms with E-state index in [0.717, 1.165) is 27.5 Å². The number of aromatic carboxylic acids is 1. The molecular weight excluding hydrogens is 346 g/mol. The molecule has 0 aliphatic rings. The number of carboxylic acids is 1. The summed E-state index contributed by atoms with van der Waals surface area (Å²) in [5.41, 5.74) is 4.43. The third-order valence-corrected chi connectivity index (χ3v) is 4.51. The monoisotopic (exact) mass is 362 g/mol. The first-order chi connectivity index (χ1) is 11.5. The molecule has 0 bridgehead atoms. The number of benzene rings is 1. The van der Waals surface area contributed by atoms with E-state index < -0.39 is 5.97 Å². The van der Waals surface area contributed by atoms with Crippen molar-refractivity contribution in [3.63, 3.8) is 0 Å². The number of thiocarbonyl (C=S) groups is 1. The van der Waals surface area contributed by atoms with Crippen molar-refractivity contribution in [2.24, 2.45) is 5.10 Å². The summed E-state index contributed by atoms with van der Waals surface area (Å²) in [4.78, 5) is 11.7. The molecule has 2 N–H and O–H groups in total. The van der Waals surface area contributed by atoms with Crippen LogP contribution >= 0.6 is 23.6 Å². The Hall–Kier alpha value is -2.45. The van der Waals surface area contributed by atoms with Crippen molar-refractivity contribution in [2.75, 3.05) is 7.11 Å². The Morgan fingerprint density at radius 2 is 1.92 bits per heavy atom. The predicted octanol–water partition coefficient (Wildman–Crippen LogP) is 1.51. The summed E-state index contributed by atoms with van der Waals surface area (Å²) in [6.07, 6.45) is 0. The van der Waals surface area contributed by atoms with E-state index in [-0.39, 0.29) is 4.88 Å². The van der Waals surface area contributed by atoms with E-state index in [4.69, 9.17) is 17.0 Å². The van der Waals surface area contributed by atoms with E-state index in [1.807, 2.05) is 24.3 Å². The van der Waals surface area contributed by atoms with E-state index in [0.29, 0.717) is 17.4 Å². The molecule has 1 aromatic heterocycles. The van der Waals surface area contributed by atoms with E-state index in [9.17, 15) is 9.90 Å². The van der Waals surface area contributed by atoms with Crippen molar-refractivity contribution < 1.29 is 14.6 Å². The van der Waals surface area contributed by atoms with Gasteiger partial charge in [0.1, 0.15) is 5.75 Å². The van der Waals surface area contributed by atoms with Gasteiger partial charge in [-0.3, -0.25) is 5.43 Å². The summed E-state index contributed by atoms with van der Waals surface area (Å²) in [7, 11) is 1.62. The molecule has 2 aromatic rings. The largest absolute Gasteiger partial charge is 0.544 e. The first-order valence-electron chi connectivity index (χ1n) is 7.02. The highest BCUT2D eigenvalue weighted by Gasteiger charge is 2.04. The zero-order chi connectivity index (χ0) is 17.5. The van der Waals surface area contributed by atoms with Gasteiger partial charge in [-0.2, -0.15) is 5.10 Å². The van der Waals surface area contributed by atoms with Crippen LogP contribution in [-0.4, -0.2) is 23.9 Å². The quantitative estimate of drug-likeness (QED) is 0.460. The third-order valence-electron chi connectivity index (χ3n) is 3.10. The Kier molecular flexibility index (Phi) is 6.28. The van der Waals surface area contributed by atoms with Gasteiger partial charge in [-0.15, -0.1) is 11.3 Å². The zero-order valence-electron chi connectivity index (χ0n) is 13.2. The molecule has 1 aromatic carbocycles. The lowest BCUT2D eigenvalue weighted by atomic mass is 10.2. The normalized spacial score (nSPS) is 11.0. The van der Waals surface area contributed by atoms with Gasteiger partial charge in [0.2, 0.25) is 0 Å². The molecule has 0 spiro atoms. The van der Waals surface area contributed by atoms with Crippen LogP contribution in [0.15, 0.2) is 41.5 Å². The van der Waals surface area contributed by atoms with Gasteiger partial charge in [0.05, 0.1) is 28.5 Å². The van der Waals surface area contributed by atoms with Crippen LogP contribution in [0.5, 0.6) is 5.75 Å². The first-order valence-corrected chi connectivity index (χ1v) is 8.24. The Morgan fingerprint density at radius 1 is 1.25 bits per heavy atom. The molecule has 6 nitrogen and oxygen atoms in total. The molecule has 0 atom stereocenters. The second kappa shape index (κ2) is 8.42. The number of hydrogen-bond acceptors (Lipinski definition) is 6. The fourth-order valence-corrected chi connectivity index (χ4v) is 2.70. The summed E-state index contributed by atoms with van der Waals surface area (Å²) in [6, 6.07) is 10.8. The molecule has 1 heterocycles. The maximum absolute atomic E-state index is 10.8. The number of carbonyl (C=O) groups excluding carboxylic acids is 1. The second-order valence-electron chi connectivity index (χ2n) is 4.79. The number of rotatable bonds is 6. The zero-order valence-corrected chi connectivity index (χ0v) is 14.8. The third kappa shape index (κ3) is 5.04. The molecule has 0 aliphatic heterocycles. The molecule has 0 fully saturated rings. The number of nitrogens with one attached hydrogen (secondary N) is 2. The SMILES string of the molecule is COc1ccc(CNC(=S)N/N=C(/C)c2ccc(C(=O)[O-])s2)cc1. The Morgan fingerprint density at radius 3 is 2.50 bits per heavy atom. The van der Waals surface area contributed by atoms with Crippen molar-refractivity contribution in [1.29, 1.82) is 0 Å². The molecule has 0 radical (unpaired) electrons. The summed E-state index contributed by atoms with van der Waals surface area (Å²) >= 11 is 6.27. The summed E-state index contributed by atoms with van der Waals surface area (Å²) in [5.74, 6) is -0.393. The molecule has 24 heavy (non-hydrogen) atoms. The lowest BCUT2D eigenvalue weighted by Gasteiger charge is -2.08. The lowest BCUT2D eigenvalue weighted by Crippen LogP contribution is -2.32. The smallest absolute Gasteiger partial charge is 0.187 e. The average molecular weight is 362 g/mol. The van der Waals surface area contributed by atoms with Crippen LogP contribution in [0.1, 0.15) is 27.0 Å². The van der Waals surface area contributed by atoms with E-state index >= 15 is 0 Å². The Bertz CT molecular complexity index is 754. The number of nitrogens with zero attached hydrogens (tertiary/aromatic N) is 1. The molecule has 126 valence electrons. The topological polar surface area (TPSA) is 85.8 Å². The van der Waals surface area contributed by atoms with Crippen molar-refractivity contribution in [3.8, 4) is 5.75 Å². The summed E-state index contributed by atoms with van der Waals surface area (Å²) < 4.78 is 5.10. The minimum atomic E-state index is -1.19. The van der Waals surface area contributed by atoms with Gasteiger partial charge in [0.25, 0.3) is 0 Å². The number of ether oxygens (including phenoxy) is 1. The first kappa shape index (κ1) is 17.9. The van der Waals surface area contributed by atoms with Gasteiger partial charge in [-0.05, 0) is 49.0 Å². The molecule has 0 amide bonds. The molecule has 0 saturated heterocycles. The number of thiophene rings is 1. The minimum Gasteiger partial charge on any atom is -0.544 e. The van der Waals surface area contributed by atoms with Gasteiger partial charge in [0.15, 0.2) is 5.11 Å². The molecule has 0 unspecified atom stereocenters. The van der Waals surface area contributed by atoms with Gasteiger partial charge >= 0.3 is 0 Å². The number of carbonyl (C=O) groups is 1. The number of hydrazone groups is 1. The number of methoxy groups -OCH3 is 1. The van der Waals surface area contributed by atoms with Crippen molar-refractivity contribution in [1.82, 2.24) is 10.7 Å². The van der Waals surface area contributed by atoms with Crippen LogP contribution in [0, 0.1) is 0 Å². The van der Waals surface area contributed by atoms with Gasteiger partial charge in [-0.1, -0.05) is 12.1 Å². The second-order valence-corrected chi connectivity index (χ2v) is 6.28. The Labute approximate surface area is 149 Å². The highest BCUT2D eigenvalue weighted by atomic mass is 32.1. The van der Waals surface area contributed by atoms with Crippen molar-refractivity contribution in [3.05, 3.63) is 51.7 Å². The predicted molar refractivity (Wildman–Crippen MR) is 96.4 cm³/mol. The van der Waals surface area contributed by atoms with Crippen LogP contribution in [0.2, 0.25) is 0 Å². The molecular formula is C16H16N3O3S2-. The minimum absolute atomic E-state index is 0.166. The van der Waals surface area contributed by atoms with Crippen molar-refractivity contribution in [2.45, 2.75) is 13.5 Å². The van der Waals surface area contributed by atoms with E-state index in [1.165, 1.54) is 6.07 Å². The highest BCUT2D eigenvalue weighted by Crippen LogP contribution is 2.16. The standard InChI is InChI=1S/C16H17N3O3S2/c1-10(13-7-8-14(24-13)15(20)21)18-19-16(23)17-9-11-3-5-12(22-2)6-4-11/h3-8H,9H2,1-2H3,(H,20,21)(H2,17,19,23)/p-1/b18-10-. The highest BCUT2D eigenvalue weighted by molar-refractivity contribution is 7.80. The maximum atomic E-state index is 10.8. The maximum Gasteiger partial charge on any atom is 0.187 e. The lowest BCUT2D eigenvalue weighted by molar-refractivity contribution is -0.254. The average Bonchev–Trinajstić information content (AvgIpc) is 3.08. The molecule has 8 heteroatoms. The Balaban J connectivity index is 1.85. The van der Waals surface area contributed by atoms with Gasteiger partial charge in [-0.25, -0.2) is 0 Å². The molecule has 0 saturated carbocycles. The number of carboxylic acid groups (broad SMARTS) is 1. The molecule has 0 aliphatic carbocycles. The van der Waals surface area contributed by atoms with Crippen LogP contribution in [0.25, 0.3) is 0 Å². The van der Waals surface area contributed by atoms with Crippen LogP contribution in [-0.2, 0) is 6.54 Å². The fourth-order valence-electron chi connectivity index (χ4n) is 1.80. The van der Waals surface area contributed by atoms with Crippen molar-refractivity contribution >= 4 is 40.3 Å². The van der Waals surface area contributed by atoms with Gasteiger partial charge < -0.3 is 20.0 Å². The molecule has 2 rings (SSSR count). The van der Waals surface area contributed by atoms with Crippen LogP contribution < -0.4 is 20.6 Å². The van der Waals surface area contributed by atoms with Gasteiger partial charge in [0, 0.05) is 6.54 Å². The van der Waals surface area contributed by atoms with E-state index in [1.54, 1.807) is 20.1 Å². The number of hydrogen-bond donors (Lipinski definition) is 2. The van der Waals surface area contributed by atoms with Crippen LogP contribution in [0.3, 0.4) is 0 Å². The fraction of sp³-hybridized carbons (Fsp3) is 0.188.